The lowest BCUT2D eigenvalue weighted by Crippen LogP contribution is -2.41. The molecule has 0 aliphatic heterocycles. The SMILES string of the molecule is O=C(NCc1cc(F)c(C(F)(F)F)cc1F)NCC(O)COc1ccc(F)cc1. The van der Waals surface area contributed by atoms with Crippen molar-refractivity contribution in [3.63, 3.8) is 0 Å². The first-order valence-corrected chi connectivity index (χ1v) is 8.19. The Labute approximate surface area is 161 Å². The molecule has 2 aromatic carbocycles. The zero-order valence-electron chi connectivity index (χ0n) is 14.7. The second-order valence-corrected chi connectivity index (χ2v) is 5.90. The molecule has 2 amide bonds. The number of benzene rings is 2. The number of carbonyl (C=O) groups excluding carboxylic acids is 1. The second kappa shape index (κ2) is 9.50. The number of hydrogen-bond donors (Lipinski definition) is 3. The van der Waals surface area contributed by atoms with E-state index in [1.807, 2.05) is 0 Å². The van der Waals surface area contributed by atoms with Gasteiger partial charge in [-0.15, -0.1) is 0 Å². The molecule has 1 atom stereocenters. The van der Waals surface area contributed by atoms with Crippen LogP contribution in [-0.2, 0) is 12.7 Å². The highest BCUT2D eigenvalue weighted by atomic mass is 19.4. The van der Waals surface area contributed by atoms with E-state index < -0.39 is 53.4 Å². The molecule has 2 rings (SSSR count). The van der Waals surface area contributed by atoms with Crippen LogP contribution < -0.4 is 15.4 Å². The molecular weight excluding hydrogens is 406 g/mol. The zero-order chi connectivity index (χ0) is 21.6. The summed E-state index contributed by atoms with van der Waals surface area (Å²) >= 11 is 0. The van der Waals surface area contributed by atoms with Crippen molar-refractivity contribution in [1.29, 1.82) is 0 Å². The maximum atomic E-state index is 13.7. The fourth-order valence-corrected chi connectivity index (χ4v) is 2.17. The number of aliphatic hydroxyl groups is 1. The molecular formula is C18H16F6N2O3. The van der Waals surface area contributed by atoms with E-state index >= 15 is 0 Å². The van der Waals surface area contributed by atoms with E-state index in [1.165, 1.54) is 12.1 Å². The summed E-state index contributed by atoms with van der Waals surface area (Å²) in [6.45, 7) is -1.06. The number of ether oxygens (including phenoxy) is 1. The average Bonchev–Trinajstić information content (AvgIpc) is 2.65. The molecule has 11 heteroatoms. The van der Waals surface area contributed by atoms with Crippen LogP contribution in [-0.4, -0.2) is 30.4 Å². The summed E-state index contributed by atoms with van der Waals surface area (Å²) in [5.74, 6) is -3.15. The topological polar surface area (TPSA) is 70.6 Å². The Morgan fingerprint density at radius 3 is 2.31 bits per heavy atom. The molecule has 1 unspecified atom stereocenters. The number of halogens is 6. The van der Waals surface area contributed by atoms with E-state index in [4.69, 9.17) is 4.74 Å². The van der Waals surface area contributed by atoms with Crippen molar-refractivity contribution in [2.75, 3.05) is 13.2 Å². The zero-order valence-corrected chi connectivity index (χ0v) is 14.7. The molecule has 0 saturated heterocycles. The van der Waals surface area contributed by atoms with Gasteiger partial charge in [0.15, 0.2) is 0 Å². The highest BCUT2D eigenvalue weighted by Crippen LogP contribution is 2.32. The van der Waals surface area contributed by atoms with Gasteiger partial charge in [-0.05, 0) is 36.4 Å². The van der Waals surface area contributed by atoms with Crippen molar-refractivity contribution in [2.24, 2.45) is 0 Å². The number of carbonyl (C=O) groups is 1. The molecule has 0 spiro atoms. The van der Waals surface area contributed by atoms with Gasteiger partial charge >= 0.3 is 12.2 Å². The lowest BCUT2D eigenvalue weighted by Gasteiger charge is -2.14. The van der Waals surface area contributed by atoms with Crippen molar-refractivity contribution in [3.05, 3.63) is 65.0 Å². The maximum absolute atomic E-state index is 13.7. The van der Waals surface area contributed by atoms with Crippen LogP contribution in [0.25, 0.3) is 0 Å². The molecule has 0 radical (unpaired) electrons. The molecule has 5 nitrogen and oxygen atoms in total. The molecule has 0 aromatic heterocycles. The minimum Gasteiger partial charge on any atom is -0.491 e. The van der Waals surface area contributed by atoms with Crippen molar-refractivity contribution in [3.8, 4) is 5.75 Å². The molecule has 3 N–H and O–H groups in total. The van der Waals surface area contributed by atoms with Crippen LogP contribution in [0, 0.1) is 17.5 Å². The quantitative estimate of drug-likeness (QED) is 0.600. The Morgan fingerprint density at radius 1 is 1.03 bits per heavy atom. The van der Waals surface area contributed by atoms with Gasteiger partial charge in [0.05, 0.1) is 5.56 Å². The second-order valence-electron chi connectivity index (χ2n) is 5.90. The monoisotopic (exact) mass is 422 g/mol. The van der Waals surface area contributed by atoms with Gasteiger partial charge in [0.25, 0.3) is 0 Å². The third-order valence-electron chi connectivity index (χ3n) is 3.64. The number of urea groups is 1. The van der Waals surface area contributed by atoms with E-state index in [0.29, 0.717) is 11.8 Å². The fourth-order valence-electron chi connectivity index (χ4n) is 2.17. The van der Waals surface area contributed by atoms with Crippen LogP contribution in [0.2, 0.25) is 0 Å². The number of aliphatic hydroxyl groups excluding tert-OH is 1. The van der Waals surface area contributed by atoms with Crippen molar-refractivity contribution in [1.82, 2.24) is 10.6 Å². The summed E-state index contributed by atoms with van der Waals surface area (Å²) in [5.41, 5.74) is -2.22. The summed E-state index contributed by atoms with van der Waals surface area (Å²) in [7, 11) is 0. The summed E-state index contributed by atoms with van der Waals surface area (Å²) in [6.07, 6.45) is -6.17. The van der Waals surface area contributed by atoms with Gasteiger partial charge in [-0.25, -0.2) is 18.0 Å². The number of hydrogen-bond acceptors (Lipinski definition) is 3. The Balaban J connectivity index is 1.78. The van der Waals surface area contributed by atoms with Crippen LogP contribution >= 0.6 is 0 Å². The van der Waals surface area contributed by atoms with Gasteiger partial charge in [-0.1, -0.05) is 0 Å². The molecule has 29 heavy (non-hydrogen) atoms. The largest absolute Gasteiger partial charge is 0.491 e. The highest BCUT2D eigenvalue weighted by Gasteiger charge is 2.35. The summed E-state index contributed by atoms with van der Waals surface area (Å²) in [5, 5.41) is 14.1. The minimum atomic E-state index is -5.04. The normalized spacial score (nSPS) is 12.4. The van der Waals surface area contributed by atoms with Crippen LogP contribution in [0.3, 0.4) is 0 Å². The number of nitrogens with one attached hydrogen (secondary N) is 2. The minimum absolute atomic E-state index is 0.0147. The van der Waals surface area contributed by atoms with Crippen molar-refractivity contribution in [2.45, 2.75) is 18.8 Å². The summed E-state index contributed by atoms with van der Waals surface area (Å²) in [6, 6.07) is 4.52. The third-order valence-corrected chi connectivity index (χ3v) is 3.64. The molecule has 0 fully saturated rings. The number of rotatable bonds is 7. The fraction of sp³-hybridized carbons (Fsp3) is 0.278. The van der Waals surface area contributed by atoms with Crippen LogP contribution in [0.15, 0.2) is 36.4 Å². The van der Waals surface area contributed by atoms with E-state index in [2.05, 4.69) is 10.6 Å². The number of alkyl halides is 3. The number of amides is 2. The Hall–Kier alpha value is -2.95. The standard InChI is InChI=1S/C18H16F6N2O3/c19-11-1-3-13(4-2-11)29-9-12(27)8-26-17(28)25-7-10-5-16(21)14(6-15(10)20)18(22,23)24/h1-6,12,27H,7-9H2,(H2,25,26,28). The molecule has 0 saturated carbocycles. The third kappa shape index (κ3) is 6.86. The van der Waals surface area contributed by atoms with E-state index in [-0.39, 0.29) is 19.2 Å². The van der Waals surface area contributed by atoms with Gasteiger partial charge < -0.3 is 20.5 Å². The van der Waals surface area contributed by atoms with Gasteiger partial charge in [0.1, 0.15) is 35.9 Å². The Morgan fingerprint density at radius 2 is 1.69 bits per heavy atom. The smallest absolute Gasteiger partial charge is 0.419 e. The van der Waals surface area contributed by atoms with Gasteiger partial charge in [0, 0.05) is 18.7 Å². The Bertz CT molecular complexity index is 843. The van der Waals surface area contributed by atoms with Crippen molar-refractivity contribution >= 4 is 6.03 Å². The first-order chi connectivity index (χ1) is 13.6. The van der Waals surface area contributed by atoms with Crippen molar-refractivity contribution < 1.29 is 41.0 Å². The Kier molecular flexibility index (Phi) is 7.32. The first kappa shape index (κ1) is 22.3. The highest BCUT2D eigenvalue weighted by molar-refractivity contribution is 5.73. The molecule has 2 aromatic rings. The molecule has 0 bridgehead atoms. The van der Waals surface area contributed by atoms with Gasteiger partial charge in [0.2, 0.25) is 0 Å². The van der Waals surface area contributed by atoms with Gasteiger partial charge in [-0.2, -0.15) is 13.2 Å². The maximum Gasteiger partial charge on any atom is 0.419 e. The van der Waals surface area contributed by atoms with E-state index in [9.17, 15) is 36.2 Å². The molecule has 0 aliphatic rings. The van der Waals surface area contributed by atoms with Crippen LogP contribution in [0.1, 0.15) is 11.1 Å². The molecule has 0 aliphatic carbocycles. The predicted molar refractivity (Wildman–Crippen MR) is 89.5 cm³/mol. The lowest BCUT2D eigenvalue weighted by atomic mass is 10.1. The first-order valence-electron chi connectivity index (χ1n) is 8.19. The summed E-state index contributed by atoms with van der Waals surface area (Å²) in [4.78, 5) is 11.6. The predicted octanol–water partition coefficient (Wildman–Crippen LogP) is 3.36. The van der Waals surface area contributed by atoms with Crippen LogP contribution in [0.4, 0.5) is 31.1 Å². The average molecular weight is 422 g/mol. The lowest BCUT2D eigenvalue weighted by molar-refractivity contribution is -0.140. The van der Waals surface area contributed by atoms with E-state index in [1.54, 1.807) is 0 Å². The van der Waals surface area contributed by atoms with Crippen LogP contribution in [0.5, 0.6) is 5.75 Å². The molecule has 158 valence electrons. The van der Waals surface area contributed by atoms with E-state index in [0.717, 1.165) is 12.1 Å². The summed E-state index contributed by atoms with van der Waals surface area (Å²) < 4.78 is 82.6. The van der Waals surface area contributed by atoms with Gasteiger partial charge in [-0.3, -0.25) is 0 Å². The molecule has 0 heterocycles.